The largest absolute Gasteiger partial charge is 0.342 e. The standard InChI is InChI=1S/C16H17N5OS/c22-13(8-11-3-7-23-10-11)21-6-1-2-12(9-21)14-15-16(20-19-14)18-5-4-17-15/h3-5,7,10,12H,1-2,6,8-9H2,(H,18,19,20)/t12-/m0/s1. The highest BCUT2D eigenvalue weighted by molar-refractivity contribution is 7.08. The maximum atomic E-state index is 12.5. The van der Waals surface area contributed by atoms with Crippen LogP contribution in [-0.2, 0) is 11.2 Å². The van der Waals surface area contributed by atoms with Crippen molar-refractivity contribution in [2.75, 3.05) is 13.1 Å². The topological polar surface area (TPSA) is 74.8 Å². The number of carbonyl (C=O) groups excluding carboxylic acids is 1. The van der Waals surface area contributed by atoms with E-state index in [0.717, 1.165) is 42.7 Å². The Morgan fingerprint density at radius 3 is 3.17 bits per heavy atom. The van der Waals surface area contributed by atoms with Gasteiger partial charge in [0.1, 0.15) is 5.52 Å². The molecule has 0 unspecified atom stereocenters. The van der Waals surface area contributed by atoms with Gasteiger partial charge in [-0.1, -0.05) is 0 Å². The van der Waals surface area contributed by atoms with Gasteiger partial charge < -0.3 is 4.90 Å². The third kappa shape index (κ3) is 2.84. The van der Waals surface area contributed by atoms with Crippen LogP contribution in [0.25, 0.3) is 11.2 Å². The molecule has 7 heteroatoms. The van der Waals surface area contributed by atoms with Crippen LogP contribution in [0, 0.1) is 0 Å². The zero-order valence-corrected chi connectivity index (χ0v) is 13.4. The van der Waals surface area contributed by atoms with Gasteiger partial charge in [0.25, 0.3) is 0 Å². The number of fused-ring (bicyclic) bond motifs is 1. The van der Waals surface area contributed by atoms with Crippen LogP contribution in [0.4, 0.5) is 0 Å². The van der Waals surface area contributed by atoms with Crippen molar-refractivity contribution in [1.82, 2.24) is 25.1 Å². The number of amides is 1. The summed E-state index contributed by atoms with van der Waals surface area (Å²) in [5.41, 5.74) is 3.56. The zero-order chi connectivity index (χ0) is 15.6. The van der Waals surface area contributed by atoms with Crippen molar-refractivity contribution in [3.63, 3.8) is 0 Å². The molecule has 0 aromatic carbocycles. The molecule has 3 aromatic heterocycles. The van der Waals surface area contributed by atoms with Gasteiger partial charge in [0.2, 0.25) is 5.91 Å². The van der Waals surface area contributed by atoms with Gasteiger partial charge in [-0.3, -0.25) is 9.89 Å². The molecule has 6 nitrogen and oxygen atoms in total. The number of hydrogen-bond donors (Lipinski definition) is 1. The molecule has 1 saturated heterocycles. The fourth-order valence-corrected chi connectivity index (χ4v) is 3.84. The first-order valence-electron chi connectivity index (χ1n) is 7.75. The fraction of sp³-hybridized carbons (Fsp3) is 0.375. The second-order valence-electron chi connectivity index (χ2n) is 5.85. The Kier molecular flexibility index (Phi) is 3.78. The number of nitrogens with one attached hydrogen (secondary N) is 1. The molecule has 1 atom stereocenters. The van der Waals surface area contributed by atoms with E-state index < -0.39 is 0 Å². The average Bonchev–Trinajstić information content (AvgIpc) is 3.24. The van der Waals surface area contributed by atoms with E-state index in [0.29, 0.717) is 12.1 Å². The molecule has 1 aliphatic rings. The molecule has 23 heavy (non-hydrogen) atoms. The quantitative estimate of drug-likeness (QED) is 0.801. The molecular weight excluding hydrogens is 310 g/mol. The van der Waals surface area contributed by atoms with Crippen LogP contribution in [0.1, 0.15) is 30.0 Å². The van der Waals surface area contributed by atoms with Crippen LogP contribution < -0.4 is 0 Å². The number of aromatic amines is 1. The predicted molar refractivity (Wildman–Crippen MR) is 88.3 cm³/mol. The highest BCUT2D eigenvalue weighted by Crippen LogP contribution is 2.29. The van der Waals surface area contributed by atoms with E-state index in [2.05, 4.69) is 20.2 Å². The summed E-state index contributed by atoms with van der Waals surface area (Å²) in [4.78, 5) is 23.1. The first kappa shape index (κ1) is 14.3. The summed E-state index contributed by atoms with van der Waals surface area (Å²) in [6, 6.07) is 2.02. The van der Waals surface area contributed by atoms with E-state index in [9.17, 15) is 4.79 Å². The van der Waals surface area contributed by atoms with E-state index in [1.807, 2.05) is 21.7 Å². The summed E-state index contributed by atoms with van der Waals surface area (Å²) < 4.78 is 0. The fourth-order valence-electron chi connectivity index (χ4n) is 3.17. The molecule has 118 valence electrons. The molecule has 0 bridgehead atoms. The molecule has 4 rings (SSSR count). The van der Waals surface area contributed by atoms with Crippen LogP contribution >= 0.6 is 11.3 Å². The van der Waals surface area contributed by atoms with E-state index in [1.165, 1.54) is 0 Å². The smallest absolute Gasteiger partial charge is 0.227 e. The minimum atomic E-state index is 0.197. The summed E-state index contributed by atoms with van der Waals surface area (Å²) in [6.07, 6.45) is 5.85. The van der Waals surface area contributed by atoms with Gasteiger partial charge in [0, 0.05) is 31.4 Å². The van der Waals surface area contributed by atoms with Crippen molar-refractivity contribution in [3.05, 3.63) is 40.5 Å². The minimum Gasteiger partial charge on any atom is -0.342 e. The van der Waals surface area contributed by atoms with E-state index in [1.54, 1.807) is 23.7 Å². The predicted octanol–water partition coefficient (Wildman–Crippen LogP) is 2.36. The average molecular weight is 327 g/mol. The lowest BCUT2D eigenvalue weighted by Crippen LogP contribution is -2.40. The first-order chi connectivity index (χ1) is 11.3. The Bertz CT molecular complexity index is 813. The SMILES string of the molecule is O=C(Cc1ccsc1)N1CCC[C@H](c2[nH]nc3nccnc23)C1. The van der Waals surface area contributed by atoms with Crippen LogP contribution in [0.15, 0.2) is 29.2 Å². The zero-order valence-electron chi connectivity index (χ0n) is 12.6. The Balaban J connectivity index is 1.51. The van der Waals surface area contributed by atoms with Crippen molar-refractivity contribution in [3.8, 4) is 0 Å². The Labute approximate surface area is 137 Å². The van der Waals surface area contributed by atoms with Gasteiger partial charge in [-0.25, -0.2) is 9.97 Å². The van der Waals surface area contributed by atoms with E-state index in [4.69, 9.17) is 0 Å². The summed E-state index contributed by atoms with van der Waals surface area (Å²) >= 11 is 1.63. The van der Waals surface area contributed by atoms with Gasteiger partial charge in [-0.15, -0.1) is 0 Å². The molecular formula is C16H17N5OS. The number of aromatic nitrogens is 4. The lowest BCUT2D eigenvalue weighted by Gasteiger charge is -2.32. The monoisotopic (exact) mass is 327 g/mol. The van der Waals surface area contributed by atoms with Gasteiger partial charge in [-0.05, 0) is 35.2 Å². The minimum absolute atomic E-state index is 0.197. The van der Waals surface area contributed by atoms with Crippen molar-refractivity contribution < 1.29 is 4.79 Å². The van der Waals surface area contributed by atoms with Crippen LogP contribution in [-0.4, -0.2) is 44.1 Å². The second-order valence-corrected chi connectivity index (χ2v) is 6.63. The van der Waals surface area contributed by atoms with Crippen molar-refractivity contribution in [2.45, 2.75) is 25.2 Å². The first-order valence-corrected chi connectivity index (χ1v) is 8.69. The number of nitrogens with zero attached hydrogens (tertiary/aromatic N) is 4. The number of likely N-dealkylation sites (tertiary alicyclic amines) is 1. The molecule has 1 N–H and O–H groups in total. The molecule has 4 heterocycles. The number of H-pyrrole nitrogens is 1. The Morgan fingerprint density at radius 1 is 1.39 bits per heavy atom. The van der Waals surface area contributed by atoms with Gasteiger partial charge in [-0.2, -0.15) is 16.4 Å². The molecule has 0 spiro atoms. The number of rotatable bonds is 3. The Morgan fingerprint density at radius 2 is 2.30 bits per heavy atom. The number of hydrogen-bond acceptors (Lipinski definition) is 5. The number of carbonyl (C=O) groups is 1. The molecule has 0 aliphatic carbocycles. The lowest BCUT2D eigenvalue weighted by atomic mass is 9.94. The Hall–Kier alpha value is -2.28. The number of piperidine rings is 1. The van der Waals surface area contributed by atoms with Crippen molar-refractivity contribution in [2.24, 2.45) is 0 Å². The molecule has 3 aromatic rings. The normalized spacial score (nSPS) is 18.4. The van der Waals surface area contributed by atoms with Crippen molar-refractivity contribution in [1.29, 1.82) is 0 Å². The van der Waals surface area contributed by atoms with Gasteiger partial charge in [0.05, 0.1) is 12.1 Å². The van der Waals surface area contributed by atoms with E-state index in [-0.39, 0.29) is 11.8 Å². The number of thiophene rings is 1. The molecule has 1 fully saturated rings. The van der Waals surface area contributed by atoms with Crippen molar-refractivity contribution >= 4 is 28.4 Å². The third-order valence-electron chi connectivity index (χ3n) is 4.33. The highest BCUT2D eigenvalue weighted by Gasteiger charge is 2.27. The second kappa shape index (κ2) is 6.08. The maximum Gasteiger partial charge on any atom is 0.227 e. The maximum absolute atomic E-state index is 12.5. The molecule has 0 radical (unpaired) electrons. The third-order valence-corrected chi connectivity index (χ3v) is 5.07. The lowest BCUT2D eigenvalue weighted by molar-refractivity contribution is -0.131. The highest BCUT2D eigenvalue weighted by atomic mass is 32.1. The summed E-state index contributed by atoms with van der Waals surface area (Å²) in [7, 11) is 0. The summed E-state index contributed by atoms with van der Waals surface area (Å²) in [5.74, 6) is 0.444. The van der Waals surface area contributed by atoms with Crippen LogP contribution in [0.5, 0.6) is 0 Å². The van der Waals surface area contributed by atoms with Crippen LogP contribution in [0.3, 0.4) is 0 Å². The summed E-state index contributed by atoms with van der Waals surface area (Å²) in [6.45, 7) is 1.55. The van der Waals surface area contributed by atoms with E-state index >= 15 is 0 Å². The summed E-state index contributed by atoms with van der Waals surface area (Å²) in [5, 5.41) is 11.4. The molecule has 0 saturated carbocycles. The van der Waals surface area contributed by atoms with Gasteiger partial charge >= 0.3 is 0 Å². The molecule has 1 amide bonds. The van der Waals surface area contributed by atoms with Crippen LogP contribution in [0.2, 0.25) is 0 Å². The van der Waals surface area contributed by atoms with Gasteiger partial charge in [0.15, 0.2) is 5.65 Å². The molecule has 1 aliphatic heterocycles.